The van der Waals surface area contributed by atoms with E-state index in [-0.39, 0.29) is 23.9 Å². The largest absolute Gasteiger partial charge is 0.484 e. The molecule has 3 aromatic rings. The molecule has 4 nitrogen and oxygen atoms in total. The molecular weight excluding hydrogens is 345 g/mol. The van der Waals surface area contributed by atoms with Crippen molar-refractivity contribution >= 4 is 11.6 Å². The van der Waals surface area contributed by atoms with Crippen LogP contribution in [0.4, 0.5) is 13.2 Å². The molecular formula is C16H10ClF3N2O2. The van der Waals surface area contributed by atoms with Gasteiger partial charge < -0.3 is 9.26 Å². The summed E-state index contributed by atoms with van der Waals surface area (Å²) in [5, 5.41) is 4.12. The van der Waals surface area contributed by atoms with Crippen molar-refractivity contribution in [1.82, 2.24) is 10.1 Å². The van der Waals surface area contributed by atoms with Crippen LogP contribution in [0.5, 0.6) is 5.75 Å². The SMILES string of the molecule is FC(F)(F)c1cccc(-c2nc(COc3ccccc3Cl)no2)c1. The Hall–Kier alpha value is -2.54. The standard InChI is InChI=1S/C16H10ClF3N2O2/c17-12-6-1-2-7-13(12)23-9-14-21-15(24-22-14)10-4-3-5-11(8-10)16(18,19)20/h1-8H,9H2. The lowest BCUT2D eigenvalue weighted by Crippen LogP contribution is -2.04. The zero-order valence-electron chi connectivity index (χ0n) is 12.0. The lowest BCUT2D eigenvalue weighted by molar-refractivity contribution is -0.137. The van der Waals surface area contributed by atoms with Gasteiger partial charge in [-0.25, -0.2) is 0 Å². The first kappa shape index (κ1) is 16.3. The molecule has 1 aromatic heterocycles. The second-order valence-corrected chi connectivity index (χ2v) is 5.22. The van der Waals surface area contributed by atoms with Gasteiger partial charge in [0.15, 0.2) is 6.61 Å². The normalized spacial score (nSPS) is 11.5. The molecule has 0 N–H and O–H groups in total. The van der Waals surface area contributed by atoms with Crippen LogP contribution >= 0.6 is 11.6 Å². The number of aromatic nitrogens is 2. The van der Waals surface area contributed by atoms with Gasteiger partial charge in [0.1, 0.15) is 5.75 Å². The third kappa shape index (κ3) is 3.68. The first-order chi connectivity index (χ1) is 11.4. The molecule has 24 heavy (non-hydrogen) atoms. The quantitative estimate of drug-likeness (QED) is 0.662. The van der Waals surface area contributed by atoms with E-state index in [2.05, 4.69) is 10.1 Å². The number of nitrogens with zero attached hydrogens (tertiary/aromatic N) is 2. The van der Waals surface area contributed by atoms with Crippen LogP contribution in [0.1, 0.15) is 11.4 Å². The number of para-hydroxylation sites is 1. The molecule has 0 aliphatic heterocycles. The summed E-state index contributed by atoms with van der Waals surface area (Å²) in [5.74, 6) is 0.630. The van der Waals surface area contributed by atoms with Crippen molar-refractivity contribution < 1.29 is 22.4 Å². The number of ether oxygens (including phenoxy) is 1. The number of rotatable bonds is 4. The van der Waals surface area contributed by atoms with Gasteiger partial charge in [-0.2, -0.15) is 18.2 Å². The van der Waals surface area contributed by atoms with E-state index in [9.17, 15) is 13.2 Å². The minimum atomic E-state index is -4.44. The highest BCUT2D eigenvalue weighted by Gasteiger charge is 2.30. The second-order valence-electron chi connectivity index (χ2n) is 4.81. The third-order valence-electron chi connectivity index (χ3n) is 3.10. The Morgan fingerprint density at radius 3 is 2.62 bits per heavy atom. The predicted molar refractivity (Wildman–Crippen MR) is 80.5 cm³/mol. The Balaban J connectivity index is 1.75. The molecule has 0 aliphatic rings. The summed E-state index contributed by atoms with van der Waals surface area (Å²) in [7, 11) is 0. The van der Waals surface area contributed by atoms with Gasteiger partial charge in [-0.15, -0.1) is 0 Å². The van der Waals surface area contributed by atoms with Gasteiger partial charge in [0.2, 0.25) is 5.82 Å². The molecule has 0 unspecified atom stereocenters. The Morgan fingerprint density at radius 1 is 1.08 bits per heavy atom. The van der Waals surface area contributed by atoms with Crippen LogP contribution in [0.15, 0.2) is 53.1 Å². The molecule has 0 fully saturated rings. The number of alkyl halides is 3. The van der Waals surface area contributed by atoms with Crippen LogP contribution in [-0.4, -0.2) is 10.1 Å². The van der Waals surface area contributed by atoms with E-state index >= 15 is 0 Å². The highest BCUT2D eigenvalue weighted by atomic mass is 35.5. The smallest absolute Gasteiger partial charge is 0.416 e. The van der Waals surface area contributed by atoms with E-state index in [0.29, 0.717) is 10.8 Å². The Labute approximate surface area is 139 Å². The summed E-state index contributed by atoms with van der Waals surface area (Å²) in [6.45, 7) is -0.0216. The third-order valence-corrected chi connectivity index (χ3v) is 3.41. The van der Waals surface area contributed by atoms with Crippen molar-refractivity contribution in [3.8, 4) is 17.2 Å². The van der Waals surface area contributed by atoms with E-state index in [1.165, 1.54) is 12.1 Å². The maximum absolute atomic E-state index is 12.7. The summed E-state index contributed by atoms with van der Waals surface area (Å²) < 4.78 is 48.7. The fourth-order valence-electron chi connectivity index (χ4n) is 1.96. The molecule has 8 heteroatoms. The van der Waals surface area contributed by atoms with Gasteiger partial charge in [0, 0.05) is 5.56 Å². The molecule has 3 rings (SSSR count). The Morgan fingerprint density at radius 2 is 1.88 bits per heavy atom. The molecule has 1 heterocycles. The number of hydrogen-bond donors (Lipinski definition) is 0. The summed E-state index contributed by atoms with van der Waals surface area (Å²) >= 11 is 5.96. The molecule has 0 bridgehead atoms. The van der Waals surface area contributed by atoms with Crippen LogP contribution in [-0.2, 0) is 12.8 Å². The summed E-state index contributed by atoms with van der Waals surface area (Å²) in [4.78, 5) is 4.04. The van der Waals surface area contributed by atoms with Crippen LogP contribution in [0.2, 0.25) is 5.02 Å². The number of hydrogen-bond acceptors (Lipinski definition) is 4. The highest BCUT2D eigenvalue weighted by Crippen LogP contribution is 2.31. The van der Waals surface area contributed by atoms with Crippen molar-refractivity contribution in [3.05, 3.63) is 64.9 Å². The molecule has 0 saturated carbocycles. The fourth-order valence-corrected chi connectivity index (χ4v) is 2.15. The Kier molecular flexibility index (Phi) is 4.44. The number of benzene rings is 2. The monoisotopic (exact) mass is 354 g/mol. The fraction of sp³-hybridized carbons (Fsp3) is 0.125. The van der Waals surface area contributed by atoms with Crippen LogP contribution in [0.25, 0.3) is 11.5 Å². The summed E-state index contributed by atoms with van der Waals surface area (Å²) in [6.07, 6.45) is -4.44. The maximum atomic E-state index is 12.7. The Bertz CT molecular complexity index is 849. The molecule has 0 aliphatic carbocycles. The maximum Gasteiger partial charge on any atom is 0.416 e. The lowest BCUT2D eigenvalue weighted by Gasteiger charge is -2.06. The van der Waals surface area contributed by atoms with Crippen molar-refractivity contribution in [3.63, 3.8) is 0 Å². The van der Waals surface area contributed by atoms with Crippen LogP contribution in [0, 0.1) is 0 Å². The number of halogens is 4. The van der Waals surface area contributed by atoms with Gasteiger partial charge in [-0.3, -0.25) is 0 Å². The lowest BCUT2D eigenvalue weighted by atomic mass is 10.1. The van der Waals surface area contributed by atoms with Crippen LogP contribution < -0.4 is 4.74 Å². The van der Waals surface area contributed by atoms with E-state index in [0.717, 1.165) is 12.1 Å². The molecule has 0 amide bonds. The molecule has 124 valence electrons. The van der Waals surface area contributed by atoms with Crippen molar-refractivity contribution in [1.29, 1.82) is 0 Å². The summed E-state index contributed by atoms with van der Waals surface area (Å²) in [5.41, 5.74) is -0.603. The molecule has 2 aromatic carbocycles. The van der Waals surface area contributed by atoms with Gasteiger partial charge in [0.25, 0.3) is 5.89 Å². The first-order valence-corrected chi connectivity index (χ1v) is 7.19. The first-order valence-electron chi connectivity index (χ1n) is 6.81. The average molecular weight is 355 g/mol. The van der Waals surface area contributed by atoms with Gasteiger partial charge in [0.05, 0.1) is 10.6 Å². The predicted octanol–water partition coefficient (Wildman–Crippen LogP) is 4.99. The molecule has 0 saturated heterocycles. The summed E-state index contributed by atoms with van der Waals surface area (Å²) in [6, 6.07) is 11.5. The van der Waals surface area contributed by atoms with Crippen molar-refractivity contribution in [2.75, 3.05) is 0 Å². The molecule has 0 radical (unpaired) electrons. The minimum Gasteiger partial charge on any atom is -0.484 e. The zero-order valence-corrected chi connectivity index (χ0v) is 12.8. The second kappa shape index (κ2) is 6.52. The van der Waals surface area contributed by atoms with Gasteiger partial charge >= 0.3 is 6.18 Å². The minimum absolute atomic E-state index is 0.0149. The molecule has 0 spiro atoms. The zero-order chi connectivity index (χ0) is 17.2. The topological polar surface area (TPSA) is 48.2 Å². The molecule has 0 atom stereocenters. The highest BCUT2D eigenvalue weighted by molar-refractivity contribution is 6.32. The van der Waals surface area contributed by atoms with Crippen LogP contribution in [0.3, 0.4) is 0 Å². The van der Waals surface area contributed by atoms with E-state index in [4.69, 9.17) is 20.9 Å². The van der Waals surface area contributed by atoms with Gasteiger partial charge in [-0.1, -0.05) is 35.0 Å². The van der Waals surface area contributed by atoms with E-state index in [1.54, 1.807) is 24.3 Å². The average Bonchev–Trinajstić information content (AvgIpc) is 3.02. The van der Waals surface area contributed by atoms with Crippen molar-refractivity contribution in [2.45, 2.75) is 12.8 Å². The van der Waals surface area contributed by atoms with E-state index in [1.807, 2.05) is 0 Å². The van der Waals surface area contributed by atoms with Crippen molar-refractivity contribution in [2.24, 2.45) is 0 Å². The van der Waals surface area contributed by atoms with E-state index < -0.39 is 11.7 Å². The van der Waals surface area contributed by atoms with Gasteiger partial charge in [-0.05, 0) is 30.3 Å².